The zero-order valence-electron chi connectivity index (χ0n) is 35.8. The Morgan fingerprint density at radius 3 is 2.17 bits per heavy atom. The number of fused-ring (bicyclic) bond motifs is 2. The molecular formula is C49H62N2O8. The molecule has 10 heteroatoms. The van der Waals surface area contributed by atoms with E-state index in [4.69, 9.17) is 23.7 Å². The van der Waals surface area contributed by atoms with Gasteiger partial charge < -0.3 is 43.2 Å². The molecule has 59 heavy (non-hydrogen) atoms. The van der Waals surface area contributed by atoms with Gasteiger partial charge in [-0.05, 0) is 91.0 Å². The van der Waals surface area contributed by atoms with Crippen molar-refractivity contribution in [2.24, 2.45) is 0 Å². The Morgan fingerprint density at radius 1 is 0.814 bits per heavy atom. The van der Waals surface area contributed by atoms with E-state index in [2.05, 4.69) is 44.1 Å². The SMILES string of the molecule is CCCCCCCCCCC(C(=O)[O-])[N+]1(C)CCc2cc(OC)c3cc2C1Cc1ccc(cc1)Oc1cc(ccc1OC)CC1c2c(cc(OC)c(O)c2O3)CCN1C. The van der Waals surface area contributed by atoms with Crippen molar-refractivity contribution in [2.75, 3.05) is 48.5 Å². The van der Waals surface area contributed by atoms with Crippen LogP contribution in [0.2, 0.25) is 0 Å². The molecule has 4 atom stereocenters. The number of carbonyl (C=O) groups is 1. The Labute approximate surface area is 350 Å². The lowest BCUT2D eigenvalue weighted by molar-refractivity contribution is -0.958. The van der Waals surface area contributed by atoms with Gasteiger partial charge >= 0.3 is 0 Å². The lowest BCUT2D eigenvalue weighted by Crippen LogP contribution is -2.63. The topological polar surface area (TPSA) is 110 Å². The van der Waals surface area contributed by atoms with Crippen LogP contribution in [0.4, 0.5) is 0 Å². The number of phenols is 1. The molecule has 4 aromatic rings. The van der Waals surface area contributed by atoms with Crippen LogP contribution in [-0.2, 0) is 30.5 Å². The van der Waals surface area contributed by atoms with Crippen LogP contribution < -0.4 is 28.8 Å². The fourth-order valence-electron chi connectivity index (χ4n) is 9.79. The molecule has 4 heterocycles. The van der Waals surface area contributed by atoms with Crippen LogP contribution >= 0.6 is 0 Å². The van der Waals surface area contributed by atoms with Gasteiger partial charge in [0.2, 0.25) is 5.75 Å². The molecular weight excluding hydrogens is 745 g/mol. The minimum atomic E-state index is -1.01. The van der Waals surface area contributed by atoms with Gasteiger partial charge in [0.05, 0.1) is 40.9 Å². The summed E-state index contributed by atoms with van der Waals surface area (Å²) in [6.07, 6.45) is 12.3. The Kier molecular flexibility index (Phi) is 13.3. The molecule has 0 saturated carbocycles. The standard InChI is InChI=1S/C49H62N2O8/c1-7-8-9-10-11-12-13-14-15-39(49(53)54)51(3)25-23-34-29-42(56-5)44-31-37(34)40(51)27-32-16-19-36(20-17-32)58-43-28-33(18-21-41(43)55-4)26-38-46-35(22-24-50(38)2)30-45(57-6)47(52)48(46)59-44/h16-21,28-31,38-40H,7-15,22-27H2,1-6H3,(H-,52,53,54). The van der Waals surface area contributed by atoms with Gasteiger partial charge in [0, 0.05) is 43.0 Å². The number of unbranched alkanes of at least 4 members (excludes halogenated alkanes) is 7. The Bertz CT molecular complexity index is 2100. The number of likely N-dealkylation sites (N-methyl/N-ethyl adjacent to an activating group) is 2. The van der Waals surface area contributed by atoms with Crippen molar-refractivity contribution in [3.05, 3.63) is 94.0 Å². The summed E-state index contributed by atoms with van der Waals surface area (Å²) in [5.41, 5.74) is 6.09. The maximum Gasteiger partial charge on any atom is 0.201 e. The summed E-state index contributed by atoms with van der Waals surface area (Å²) in [4.78, 5) is 15.6. The van der Waals surface area contributed by atoms with Crippen molar-refractivity contribution in [2.45, 2.75) is 109 Å². The second-order valence-electron chi connectivity index (χ2n) is 17.0. The van der Waals surface area contributed by atoms with Gasteiger partial charge in [0.15, 0.2) is 34.5 Å². The van der Waals surface area contributed by atoms with E-state index in [0.717, 1.165) is 65.6 Å². The Hall–Kier alpha value is -4.93. The molecule has 0 fully saturated rings. The first kappa shape index (κ1) is 42.2. The van der Waals surface area contributed by atoms with Gasteiger partial charge in [-0.3, -0.25) is 4.90 Å². The quantitative estimate of drug-likeness (QED) is 0.0987. The Balaban J connectivity index is 1.36. The van der Waals surface area contributed by atoms with E-state index in [0.29, 0.717) is 77.0 Å². The molecule has 6 bridgehead atoms. The minimum absolute atomic E-state index is 0.0847. The number of rotatable bonds is 14. The third-order valence-electron chi connectivity index (χ3n) is 13.3. The van der Waals surface area contributed by atoms with E-state index in [1.54, 1.807) is 21.3 Å². The number of aliphatic carboxylic acids is 1. The lowest BCUT2D eigenvalue weighted by atomic mass is 9.84. The third-order valence-corrected chi connectivity index (χ3v) is 13.3. The molecule has 10 nitrogen and oxygen atoms in total. The van der Waals surface area contributed by atoms with Gasteiger partial charge in [-0.1, -0.05) is 70.1 Å². The van der Waals surface area contributed by atoms with Gasteiger partial charge in [-0.15, -0.1) is 0 Å². The number of carbonyl (C=O) groups excluding carboxylic acids is 1. The van der Waals surface area contributed by atoms with Crippen molar-refractivity contribution >= 4 is 5.97 Å². The van der Waals surface area contributed by atoms with Crippen LogP contribution in [0, 0.1) is 0 Å². The van der Waals surface area contributed by atoms with Gasteiger partial charge in [0.25, 0.3) is 0 Å². The summed E-state index contributed by atoms with van der Waals surface area (Å²) in [6, 6.07) is 19.0. The third kappa shape index (κ3) is 8.85. The summed E-state index contributed by atoms with van der Waals surface area (Å²) in [5, 5.41) is 25.2. The maximum absolute atomic E-state index is 13.3. The molecule has 4 aliphatic rings. The predicted molar refractivity (Wildman–Crippen MR) is 227 cm³/mol. The number of phenolic OH excluding ortho intramolecular Hbond substituents is 1. The summed E-state index contributed by atoms with van der Waals surface area (Å²) in [5.74, 6) is 2.46. The summed E-state index contributed by atoms with van der Waals surface area (Å²) in [6.45, 7) is 3.66. The van der Waals surface area contributed by atoms with E-state index < -0.39 is 12.0 Å². The monoisotopic (exact) mass is 806 g/mol. The fourth-order valence-corrected chi connectivity index (χ4v) is 9.79. The number of hydrogen-bond donors (Lipinski definition) is 1. The van der Waals surface area contributed by atoms with Crippen LogP contribution in [-0.4, -0.2) is 75.0 Å². The molecule has 0 spiro atoms. The molecule has 0 amide bonds. The highest BCUT2D eigenvalue weighted by atomic mass is 16.5. The molecule has 1 N–H and O–H groups in total. The van der Waals surface area contributed by atoms with Crippen LogP contribution in [0.25, 0.3) is 0 Å². The van der Waals surface area contributed by atoms with Gasteiger partial charge in [-0.2, -0.15) is 0 Å². The van der Waals surface area contributed by atoms with E-state index in [9.17, 15) is 15.0 Å². The number of benzene rings is 4. The number of hydrogen-bond acceptors (Lipinski definition) is 9. The molecule has 8 rings (SSSR count). The summed E-state index contributed by atoms with van der Waals surface area (Å²) >= 11 is 0. The molecule has 4 aliphatic heterocycles. The lowest BCUT2D eigenvalue weighted by Gasteiger charge is -2.51. The number of ether oxygens (including phenoxy) is 5. The highest BCUT2D eigenvalue weighted by Crippen LogP contribution is 2.52. The van der Waals surface area contributed by atoms with E-state index in [1.165, 1.54) is 32.1 Å². The van der Waals surface area contributed by atoms with Crippen LogP contribution in [0.1, 0.15) is 110 Å². The first-order valence-electron chi connectivity index (χ1n) is 21.6. The average Bonchev–Trinajstić information content (AvgIpc) is 3.23. The second-order valence-corrected chi connectivity index (χ2v) is 17.0. The average molecular weight is 807 g/mol. The number of methoxy groups -OCH3 is 3. The summed E-state index contributed by atoms with van der Waals surface area (Å²) in [7, 11) is 9.01. The number of aromatic hydroxyl groups is 1. The van der Waals surface area contributed by atoms with Crippen molar-refractivity contribution in [3.8, 4) is 46.0 Å². The van der Waals surface area contributed by atoms with Crippen molar-refractivity contribution in [1.82, 2.24) is 4.90 Å². The van der Waals surface area contributed by atoms with E-state index in [1.807, 2.05) is 42.5 Å². The predicted octanol–water partition coefficient (Wildman–Crippen LogP) is 9.02. The van der Waals surface area contributed by atoms with Crippen LogP contribution in [0.3, 0.4) is 0 Å². The minimum Gasteiger partial charge on any atom is -0.544 e. The molecule has 0 aromatic heterocycles. The molecule has 316 valence electrons. The van der Waals surface area contributed by atoms with Crippen molar-refractivity contribution in [1.29, 1.82) is 0 Å². The van der Waals surface area contributed by atoms with Gasteiger partial charge in [0.1, 0.15) is 17.8 Å². The molecule has 0 radical (unpaired) electrons. The normalized spacial score (nSPS) is 20.3. The fraction of sp³-hybridized carbons (Fsp3) is 0.490. The van der Waals surface area contributed by atoms with Crippen LogP contribution in [0.15, 0.2) is 60.7 Å². The van der Waals surface area contributed by atoms with Gasteiger partial charge in [-0.25, -0.2) is 0 Å². The molecule has 4 aromatic carbocycles. The number of carboxylic acid groups (broad SMARTS) is 1. The highest BCUT2D eigenvalue weighted by molar-refractivity contribution is 5.70. The molecule has 0 aliphatic carbocycles. The first-order chi connectivity index (χ1) is 28.6. The molecule has 0 saturated heterocycles. The smallest absolute Gasteiger partial charge is 0.201 e. The highest BCUT2D eigenvalue weighted by Gasteiger charge is 2.46. The Morgan fingerprint density at radius 2 is 1.47 bits per heavy atom. The second kappa shape index (κ2) is 18.6. The summed E-state index contributed by atoms with van der Waals surface area (Å²) < 4.78 is 31.3. The van der Waals surface area contributed by atoms with E-state index in [-0.39, 0.29) is 17.8 Å². The first-order valence-corrected chi connectivity index (χ1v) is 21.6. The maximum atomic E-state index is 13.3. The van der Waals surface area contributed by atoms with E-state index >= 15 is 0 Å². The van der Waals surface area contributed by atoms with Crippen LogP contribution in [0.5, 0.6) is 46.0 Å². The number of nitrogens with zero attached hydrogens (tertiary/aromatic N) is 2. The zero-order chi connectivity index (χ0) is 41.7. The largest absolute Gasteiger partial charge is 0.544 e. The number of carboxylic acids is 1. The zero-order valence-corrected chi connectivity index (χ0v) is 35.8. The number of quaternary nitrogens is 1. The molecule has 4 unspecified atom stereocenters. The van der Waals surface area contributed by atoms with Crippen molar-refractivity contribution < 1.29 is 43.2 Å². The van der Waals surface area contributed by atoms with Crippen molar-refractivity contribution in [3.63, 3.8) is 0 Å².